The molecule has 0 aromatic rings. The van der Waals surface area contributed by atoms with Gasteiger partial charge < -0.3 is 5.11 Å². The van der Waals surface area contributed by atoms with Crippen LogP contribution in [0.4, 0.5) is 11.7 Å². The quantitative estimate of drug-likeness (QED) is 0.676. The molecule has 0 aliphatic rings. The highest BCUT2D eigenvalue weighted by atomic mass is 32.3. The summed E-state index contributed by atoms with van der Waals surface area (Å²) < 4.78 is 30.9. The molecular weight excluding hydrogens is 181 g/mol. The van der Waals surface area contributed by atoms with Crippen LogP contribution in [0.1, 0.15) is 0 Å². The summed E-state index contributed by atoms with van der Waals surface area (Å²) in [5.41, 5.74) is 0. The second kappa shape index (κ2) is 3.76. The average Bonchev–Trinajstić information content (AvgIpc) is 1.87. The summed E-state index contributed by atoms with van der Waals surface area (Å²) >= 11 is -2.39. The topological polar surface area (TPSA) is 20.2 Å². The van der Waals surface area contributed by atoms with Gasteiger partial charge in [-0.15, -0.1) is 0 Å². The van der Waals surface area contributed by atoms with Gasteiger partial charge in [-0.25, -0.2) is 0 Å². The fourth-order valence-electron chi connectivity index (χ4n) is 0.0357. The molecule has 8 heavy (non-hydrogen) atoms. The molecule has 0 radical (unpaired) electrons. The fraction of sp³-hybridized carbons (Fsp3) is 1.00. The summed E-state index contributed by atoms with van der Waals surface area (Å²) in [5, 5.41) is 8.20. The lowest BCUT2D eigenvalue weighted by Gasteiger charge is -2.08. The van der Waals surface area contributed by atoms with Crippen molar-refractivity contribution < 1.29 is 16.8 Å². The van der Waals surface area contributed by atoms with Gasteiger partial charge in [0.05, 0.1) is 0 Å². The Morgan fingerprint density at radius 2 is 1.25 bits per heavy atom. The van der Waals surface area contributed by atoms with Crippen LogP contribution in [0.15, 0.2) is 0 Å². The summed E-state index contributed by atoms with van der Waals surface area (Å²) in [6.07, 6.45) is 0. The second-order valence-corrected chi connectivity index (χ2v) is 3.77. The zero-order chi connectivity index (χ0) is 6.62. The van der Waals surface area contributed by atoms with Crippen molar-refractivity contribution in [3.63, 3.8) is 0 Å². The monoisotopic (exact) mass is 182 g/mol. The van der Waals surface area contributed by atoms with Gasteiger partial charge in [0.1, 0.15) is 36.4 Å². The van der Waals surface area contributed by atoms with Gasteiger partial charge in [0.25, 0.3) is 3.60 Å². The van der Waals surface area contributed by atoms with Crippen molar-refractivity contribution in [2.24, 2.45) is 0 Å². The lowest BCUT2D eigenvalue weighted by atomic mass is 11.6. The molecule has 1 nitrogen and oxygen atoms in total. The Labute approximate surface area is 57.3 Å². The smallest absolute Gasteiger partial charge is 0.296 e. The van der Waals surface area contributed by atoms with Crippen molar-refractivity contribution in [2.75, 3.05) is 0 Å². The molecular formula is CHF3OS3. The van der Waals surface area contributed by atoms with Gasteiger partial charge in [-0.05, 0) is 0 Å². The number of hydrogen-bond donors (Lipinski definition) is 1. The van der Waals surface area contributed by atoms with Crippen molar-refractivity contribution in [2.45, 2.75) is 3.60 Å². The van der Waals surface area contributed by atoms with Crippen LogP contribution in [0.25, 0.3) is 0 Å². The zero-order valence-corrected chi connectivity index (χ0v) is 5.76. The molecule has 0 heterocycles. The molecule has 0 aromatic carbocycles. The molecule has 0 saturated carbocycles. The van der Waals surface area contributed by atoms with Crippen molar-refractivity contribution in [3.05, 3.63) is 0 Å². The molecule has 0 aliphatic heterocycles. The van der Waals surface area contributed by atoms with Gasteiger partial charge in [0.15, 0.2) is 0 Å². The number of halogens is 3. The first-order chi connectivity index (χ1) is 3.68. The minimum Gasteiger partial charge on any atom is -0.356 e. The van der Waals surface area contributed by atoms with Gasteiger partial charge in [-0.2, -0.15) is 11.7 Å². The van der Waals surface area contributed by atoms with E-state index in [-0.39, 0.29) is 0 Å². The third-order valence-electron chi connectivity index (χ3n) is 0.292. The molecule has 0 spiro atoms. The molecule has 0 atom stereocenters. The van der Waals surface area contributed by atoms with Crippen LogP contribution in [-0.4, -0.2) is 8.70 Å². The zero-order valence-electron chi connectivity index (χ0n) is 3.31. The largest absolute Gasteiger partial charge is 0.356 e. The maximum Gasteiger partial charge on any atom is 0.296 e. The standard InChI is InChI=1S/CHF3OS3/c2-6-1(5,7-3)8-4/h5H. The Kier molecular flexibility index (Phi) is 4.13. The summed E-state index contributed by atoms with van der Waals surface area (Å²) in [5.74, 6) is 0. The molecule has 0 aromatic heterocycles. The van der Waals surface area contributed by atoms with Gasteiger partial charge in [-0.1, -0.05) is 0 Å². The van der Waals surface area contributed by atoms with E-state index >= 15 is 0 Å². The SMILES string of the molecule is OC(SF)(SF)SF. The molecule has 0 fully saturated rings. The van der Waals surface area contributed by atoms with Crippen LogP contribution in [0, 0.1) is 0 Å². The summed E-state index contributed by atoms with van der Waals surface area (Å²) in [7, 11) is 0. The molecule has 7 heteroatoms. The molecule has 1 N–H and O–H groups in total. The van der Waals surface area contributed by atoms with Crippen molar-refractivity contribution in [1.82, 2.24) is 0 Å². The maximum atomic E-state index is 11.2. The van der Waals surface area contributed by atoms with Crippen LogP contribution in [-0.2, 0) is 0 Å². The highest BCUT2D eigenvalue weighted by molar-refractivity contribution is 8.29. The fourth-order valence-corrected chi connectivity index (χ4v) is 0.321. The Balaban J connectivity index is 3.58. The predicted octanol–water partition coefficient (Wildman–Crippen LogP) is 2.44. The lowest BCUT2D eigenvalue weighted by Crippen LogP contribution is -2.06. The molecule has 0 bridgehead atoms. The first-order valence-electron chi connectivity index (χ1n) is 1.30. The molecule has 50 valence electrons. The van der Waals surface area contributed by atoms with Gasteiger partial charge in [0.2, 0.25) is 0 Å². The van der Waals surface area contributed by atoms with Crippen LogP contribution >= 0.6 is 36.4 Å². The Morgan fingerprint density at radius 1 is 1.00 bits per heavy atom. The molecule has 0 unspecified atom stereocenters. The van der Waals surface area contributed by atoms with Crippen LogP contribution in [0.2, 0.25) is 0 Å². The maximum absolute atomic E-state index is 11.2. The van der Waals surface area contributed by atoms with Crippen molar-refractivity contribution >= 4 is 36.4 Å². The molecule has 0 rings (SSSR count). The minimum absolute atomic E-state index is 0.796. The highest BCUT2D eigenvalue weighted by Gasteiger charge is 2.33. The van der Waals surface area contributed by atoms with Crippen LogP contribution in [0.5, 0.6) is 0 Å². The van der Waals surface area contributed by atoms with E-state index in [2.05, 4.69) is 0 Å². The van der Waals surface area contributed by atoms with E-state index in [9.17, 15) is 11.7 Å². The number of aliphatic hydroxyl groups is 1. The third-order valence-corrected chi connectivity index (χ3v) is 2.01. The first-order valence-corrected chi connectivity index (χ1v) is 3.45. The summed E-state index contributed by atoms with van der Waals surface area (Å²) in [6.45, 7) is 0. The summed E-state index contributed by atoms with van der Waals surface area (Å²) in [6, 6.07) is 0. The van der Waals surface area contributed by atoms with Crippen LogP contribution in [0.3, 0.4) is 0 Å². The summed E-state index contributed by atoms with van der Waals surface area (Å²) in [4.78, 5) is 0. The Morgan fingerprint density at radius 3 is 1.25 bits per heavy atom. The normalized spacial score (nSPS) is 12.0. The average molecular weight is 182 g/mol. The van der Waals surface area contributed by atoms with Gasteiger partial charge in [-0.3, -0.25) is 0 Å². The van der Waals surface area contributed by atoms with E-state index in [0.29, 0.717) is 0 Å². The van der Waals surface area contributed by atoms with Gasteiger partial charge >= 0.3 is 0 Å². The van der Waals surface area contributed by atoms with E-state index in [1.165, 1.54) is 0 Å². The molecule has 0 aliphatic carbocycles. The van der Waals surface area contributed by atoms with E-state index in [0.717, 1.165) is 0 Å². The van der Waals surface area contributed by atoms with Gasteiger partial charge in [0, 0.05) is 0 Å². The molecule has 0 saturated heterocycles. The van der Waals surface area contributed by atoms with E-state index in [1.54, 1.807) is 0 Å². The number of rotatable bonds is 3. The van der Waals surface area contributed by atoms with E-state index < -0.39 is 40.0 Å². The minimum atomic E-state index is -2.62. The third kappa shape index (κ3) is 2.38. The Hall–Kier alpha value is 0.800. The van der Waals surface area contributed by atoms with Crippen molar-refractivity contribution in [3.8, 4) is 0 Å². The first kappa shape index (κ1) is 8.80. The lowest BCUT2D eigenvalue weighted by molar-refractivity contribution is 0.306. The molecule has 0 amide bonds. The van der Waals surface area contributed by atoms with Crippen LogP contribution < -0.4 is 0 Å². The Bertz CT molecular complexity index is 57.3. The highest BCUT2D eigenvalue weighted by Crippen LogP contribution is 2.45. The van der Waals surface area contributed by atoms with E-state index in [1.807, 2.05) is 0 Å². The van der Waals surface area contributed by atoms with E-state index in [4.69, 9.17) is 5.11 Å². The predicted molar refractivity (Wildman–Crippen MR) is 31.0 cm³/mol. The van der Waals surface area contributed by atoms with Crippen molar-refractivity contribution in [1.29, 1.82) is 0 Å². The second-order valence-electron chi connectivity index (χ2n) is 0.755. The number of hydrogen-bond acceptors (Lipinski definition) is 4.